The van der Waals surface area contributed by atoms with Gasteiger partial charge in [-0.15, -0.1) is 0 Å². The fourth-order valence-corrected chi connectivity index (χ4v) is 5.63. The van der Waals surface area contributed by atoms with Crippen LogP contribution in [0.2, 0.25) is 0 Å². The van der Waals surface area contributed by atoms with Crippen molar-refractivity contribution in [2.75, 3.05) is 0 Å². The summed E-state index contributed by atoms with van der Waals surface area (Å²) in [5, 5.41) is 9.85. The number of cyclic esters (lactones) is 1. The van der Waals surface area contributed by atoms with Crippen LogP contribution in [-0.4, -0.2) is 23.3 Å². The van der Waals surface area contributed by atoms with E-state index in [0.717, 1.165) is 24.7 Å². The average Bonchev–Trinajstić information content (AvgIpc) is 2.96. The molecule has 2 bridgehead atoms. The van der Waals surface area contributed by atoms with E-state index in [-0.39, 0.29) is 18.5 Å². The van der Waals surface area contributed by atoms with Crippen molar-refractivity contribution in [1.82, 2.24) is 0 Å². The Kier molecular flexibility index (Phi) is 4.86. The van der Waals surface area contributed by atoms with E-state index >= 15 is 0 Å². The Morgan fingerprint density at radius 3 is 2.64 bits per heavy atom. The van der Waals surface area contributed by atoms with Crippen molar-refractivity contribution in [1.29, 1.82) is 0 Å². The summed E-state index contributed by atoms with van der Waals surface area (Å²) in [5.74, 6) is 2.84. The number of fused-ring (bicyclic) bond motifs is 2. The van der Waals surface area contributed by atoms with Crippen LogP contribution in [0.1, 0.15) is 68.4 Å². The van der Waals surface area contributed by atoms with E-state index in [1.165, 1.54) is 36.8 Å². The van der Waals surface area contributed by atoms with Crippen LogP contribution < -0.4 is 0 Å². The Morgan fingerprint density at radius 2 is 1.88 bits per heavy atom. The number of carbonyl (C=O) groups is 1. The van der Waals surface area contributed by atoms with Crippen molar-refractivity contribution >= 4 is 5.97 Å². The Labute approximate surface area is 150 Å². The zero-order chi connectivity index (χ0) is 17.4. The van der Waals surface area contributed by atoms with E-state index in [4.69, 9.17) is 4.74 Å². The maximum absolute atomic E-state index is 11.6. The monoisotopic (exact) mass is 342 g/mol. The Bertz CT molecular complexity index is 608. The van der Waals surface area contributed by atoms with Crippen molar-refractivity contribution in [3.63, 3.8) is 0 Å². The first-order valence-electron chi connectivity index (χ1n) is 10.0. The van der Waals surface area contributed by atoms with E-state index in [0.29, 0.717) is 18.3 Å². The van der Waals surface area contributed by atoms with Gasteiger partial charge in [0, 0.05) is 6.42 Å². The van der Waals surface area contributed by atoms with Crippen LogP contribution in [0.25, 0.3) is 0 Å². The fraction of sp³-hybridized carbons (Fsp3) is 0.682. The van der Waals surface area contributed by atoms with Crippen molar-refractivity contribution in [3.8, 4) is 0 Å². The molecule has 4 rings (SSSR count). The molecule has 136 valence electrons. The van der Waals surface area contributed by atoms with Crippen LogP contribution in [0.15, 0.2) is 24.3 Å². The topological polar surface area (TPSA) is 46.5 Å². The van der Waals surface area contributed by atoms with Crippen LogP contribution in [-0.2, 0) is 9.53 Å². The predicted molar refractivity (Wildman–Crippen MR) is 97.2 cm³/mol. The van der Waals surface area contributed by atoms with Gasteiger partial charge in [-0.25, -0.2) is 0 Å². The molecule has 1 aliphatic heterocycles. The van der Waals surface area contributed by atoms with Crippen molar-refractivity contribution in [2.45, 2.75) is 76.4 Å². The summed E-state index contributed by atoms with van der Waals surface area (Å²) in [6.45, 7) is 2.15. The number of carbonyl (C=O) groups excluding carboxylic acids is 1. The first kappa shape index (κ1) is 17.1. The summed E-state index contributed by atoms with van der Waals surface area (Å²) in [6.07, 6.45) is 7.65. The number of ether oxygens (including phenoxy) is 1. The van der Waals surface area contributed by atoms with E-state index in [1.54, 1.807) is 0 Å². The summed E-state index contributed by atoms with van der Waals surface area (Å²) in [4.78, 5) is 11.6. The number of aryl methyl sites for hydroxylation is 1. The van der Waals surface area contributed by atoms with Gasteiger partial charge in [0.15, 0.2) is 0 Å². The third-order valence-electron chi connectivity index (χ3n) is 6.85. The van der Waals surface area contributed by atoms with Gasteiger partial charge in [0.1, 0.15) is 6.10 Å². The van der Waals surface area contributed by atoms with Crippen LogP contribution in [0.3, 0.4) is 0 Å². The average molecular weight is 342 g/mol. The van der Waals surface area contributed by atoms with Gasteiger partial charge in [-0.2, -0.15) is 0 Å². The number of aliphatic hydroxyl groups is 1. The first-order valence-corrected chi connectivity index (χ1v) is 10.0. The van der Waals surface area contributed by atoms with Gasteiger partial charge in [0.25, 0.3) is 0 Å². The molecule has 0 spiro atoms. The molecule has 0 amide bonds. The zero-order valence-electron chi connectivity index (χ0n) is 15.2. The molecule has 0 radical (unpaired) electrons. The van der Waals surface area contributed by atoms with E-state index in [9.17, 15) is 9.90 Å². The second-order valence-corrected chi connectivity index (χ2v) is 8.64. The molecule has 2 saturated carbocycles. The quantitative estimate of drug-likeness (QED) is 0.827. The fourth-order valence-electron chi connectivity index (χ4n) is 5.63. The van der Waals surface area contributed by atoms with E-state index in [2.05, 4.69) is 31.2 Å². The van der Waals surface area contributed by atoms with Crippen molar-refractivity contribution in [3.05, 3.63) is 35.4 Å². The molecule has 1 saturated heterocycles. The summed E-state index contributed by atoms with van der Waals surface area (Å²) < 4.78 is 5.48. The molecule has 25 heavy (non-hydrogen) atoms. The van der Waals surface area contributed by atoms with Gasteiger partial charge in [-0.3, -0.25) is 4.79 Å². The minimum atomic E-state index is -0.513. The number of esters is 1. The molecule has 6 atom stereocenters. The lowest BCUT2D eigenvalue weighted by molar-refractivity contribution is -0.160. The molecule has 1 heterocycles. The smallest absolute Gasteiger partial charge is 0.308 e. The lowest BCUT2D eigenvalue weighted by atomic mass is 9.67. The number of aliphatic hydroxyl groups excluding tert-OH is 1. The Morgan fingerprint density at radius 1 is 1.08 bits per heavy atom. The highest BCUT2D eigenvalue weighted by atomic mass is 16.5. The van der Waals surface area contributed by atoms with Gasteiger partial charge < -0.3 is 9.84 Å². The molecular weight excluding hydrogens is 312 g/mol. The number of hydrogen-bond acceptors (Lipinski definition) is 3. The molecule has 0 aromatic heterocycles. The van der Waals surface area contributed by atoms with Crippen molar-refractivity contribution < 1.29 is 14.6 Å². The largest absolute Gasteiger partial charge is 0.462 e. The maximum Gasteiger partial charge on any atom is 0.308 e. The van der Waals surface area contributed by atoms with Crippen LogP contribution in [0.5, 0.6) is 0 Å². The minimum absolute atomic E-state index is 0.0888. The molecule has 2 unspecified atom stereocenters. The second kappa shape index (κ2) is 7.11. The van der Waals surface area contributed by atoms with E-state index in [1.807, 2.05) is 0 Å². The maximum atomic E-state index is 11.6. The molecular formula is C22H30O3. The van der Waals surface area contributed by atoms with Crippen molar-refractivity contribution in [2.24, 2.45) is 17.8 Å². The highest BCUT2D eigenvalue weighted by molar-refractivity contribution is 5.70. The van der Waals surface area contributed by atoms with Gasteiger partial charge in [-0.1, -0.05) is 36.2 Å². The number of rotatable bonds is 4. The molecule has 3 heteroatoms. The van der Waals surface area contributed by atoms with Crippen LogP contribution in [0, 0.1) is 24.7 Å². The second-order valence-electron chi connectivity index (χ2n) is 8.64. The Hall–Kier alpha value is -1.35. The van der Waals surface area contributed by atoms with Gasteiger partial charge in [-0.05, 0) is 68.3 Å². The molecule has 1 aromatic carbocycles. The third-order valence-corrected chi connectivity index (χ3v) is 6.85. The molecule has 3 nitrogen and oxygen atoms in total. The summed E-state index contributed by atoms with van der Waals surface area (Å²) in [7, 11) is 0. The van der Waals surface area contributed by atoms with Gasteiger partial charge >= 0.3 is 5.97 Å². The molecule has 2 aliphatic carbocycles. The van der Waals surface area contributed by atoms with Crippen LogP contribution in [0.4, 0.5) is 0 Å². The third kappa shape index (κ3) is 3.76. The number of benzene rings is 1. The zero-order valence-corrected chi connectivity index (χ0v) is 15.2. The summed E-state index contributed by atoms with van der Waals surface area (Å²) >= 11 is 0. The SMILES string of the molecule is Cc1ccc(C2C[C@@H]3CC[C@@H](C3)C2CC[C@@H]2C[C@@H](O)CC(=O)O2)cc1. The highest BCUT2D eigenvalue weighted by Gasteiger charge is 2.42. The predicted octanol–water partition coefficient (Wildman–Crippen LogP) is 4.36. The van der Waals surface area contributed by atoms with Gasteiger partial charge in [0.2, 0.25) is 0 Å². The summed E-state index contributed by atoms with van der Waals surface area (Å²) in [6, 6.07) is 9.12. The highest BCUT2D eigenvalue weighted by Crippen LogP contribution is 2.53. The van der Waals surface area contributed by atoms with E-state index < -0.39 is 6.10 Å². The molecule has 3 fully saturated rings. The van der Waals surface area contributed by atoms with Crippen LogP contribution >= 0.6 is 0 Å². The molecule has 1 aromatic rings. The summed E-state index contributed by atoms with van der Waals surface area (Å²) in [5.41, 5.74) is 2.81. The first-order chi connectivity index (χ1) is 12.1. The lowest BCUT2D eigenvalue weighted by Gasteiger charge is -2.38. The number of hydrogen-bond donors (Lipinski definition) is 1. The standard InChI is InChI=1S/C22H30O3/c1-14-2-5-16(6-3-14)21-11-15-4-7-17(10-15)20(21)9-8-19-12-18(23)13-22(24)25-19/h2-3,5-6,15,17-21,23H,4,7-13H2,1H3/t15-,17+,18-,19-,20?,21?/m1/s1. The normalized spacial score (nSPS) is 37.8. The lowest BCUT2D eigenvalue weighted by Crippen LogP contribution is -2.34. The minimum Gasteiger partial charge on any atom is -0.462 e. The molecule has 3 aliphatic rings. The Balaban J connectivity index is 1.46. The van der Waals surface area contributed by atoms with Gasteiger partial charge in [0.05, 0.1) is 12.5 Å². The molecule has 1 N–H and O–H groups in total.